The number of H-pyrrole nitrogens is 1. The number of imidazole rings is 1. The molecule has 2 rings (SSSR count). The van der Waals surface area contributed by atoms with Crippen LogP contribution in [0.3, 0.4) is 0 Å². The Hall–Kier alpha value is -1.75. The van der Waals surface area contributed by atoms with Crippen molar-refractivity contribution in [2.45, 2.75) is 24.8 Å². The van der Waals surface area contributed by atoms with E-state index in [-0.39, 0.29) is 5.97 Å². The van der Waals surface area contributed by atoms with E-state index in [4.69, 9.17) is 4.74 Å². The van der Waals surface area contributed by atoms with Gasteiger partial charge in [-0.15, -0.1) is 0 Å². The maximum Gasteiger partial charge on any atom is 0.356 e. The minimum Gasteiger partial charge on any atom is -0.461 e. The molecule has 0 amide bonds. The predicted octanol–water partition coefficient (Wildman–Crippen LogP) is 3.19. The van der Waals surface area contributed by atoms with Crippen LogP contribution in [0.25, 0.3) is 0 Å². The van der Waals surface area contributed by atoms with Gasteiger partial charge >= 0.3 is 5.97 Å². The monoisotopic (exact) mass is 276 g/mol. The molecule has 0 radical (unpaired) electrons. The van der Waals surface area contributed by atoms with Gasteiger partial charge in [0.1, 0.15) is 5.69 Å². The van der Waals surface area contributed by atoms with E-state index in [9.17, 15) is 4.79 Å². The highest BCUT2D eigenvalue weighted by Gasteiger charge is 2.10. The van der Waals surface area contributed by atoms with Crippen LogP contribution in [0, 0.1) is 6.92 Å². The summed E-state index contributed by atoms with van der Waals surface area (Å²) in [6.07, 6.45) is 1.51. The molecule has 0 aliphatic heterocycles. The number of thioether (sulfide) groups is 1. The molecule has 1 aromatic carbocycles. The first-order chi connectivity index (χ1) is 9.20. The lowest BCUT2D eigenvalue weighted by atomic mass is 10.1. The highest BCUT2D eigenvalue weighted by Crippen LogP contribution is 2.21. The Kier molecular flexibility index (Phi) is 4.63. The summed E-state index contributed by atoms with van der Waals surface area (Å²) in [6.45, 7) is 4.23. The SMILES string of the molecule is CCOC(=O)c1cnc(SCc2ccccc2C)[nH]1. The number of hydrogen-bond acceptors (Lipinski definition) is 4. The molecule has 5 heteroatoms. The van der Waals surface area contributed by atoms with Gasteiger partial charge in [-0.3, -0.25) is 0 Å². The van der Waals surface area contributed by atoms with E-state index < -0.39 is 0 Å². The van der Waals surface area contributed by atoms with Crippen LogP contribution in [0.5, 0.6) is 0 Å². The number of ether oxygens (including phenoxy) is 1. The van der Waals surface area contributed by atoms with E-state index in [0.717, 1.165) is 10.9 Å². The fraction of sp³-hybridized carbons (Fsp3) is 0.286. The summed E-state index contributed by atoms with van der Waals surface area (Å²) in [7, 11) is 0. The van der Waals surface area contributed by atoms with Crippen molar-refractivity contribution in [2.24, 2.45) is 0 Å². The van der Waals surface area contributed by atoms with Crippen LogP contribution in [-0.2, 0) is 10.5 Å². The summed E-state index contributed by atoms with van der Waals surface area (Å²) in [5.74, 6) is 0.459. The van der Waals surface area contributed by atoms with Crippen molar-refractivity contribution in [3.63, 3.8) is 0 Å². The lowest BCUT2D eigenvalue weighted by Gasteiger charge is -2.03. The summed E-state index contributed by atoms with van der Waals surface area (Å²) >= 11 is 1.57. The zero-order chi connectivity index (χ0) is 13.7. The number of esters is 1. The molecule has 0 saturated carbocycles. The van der Waals surface area contributed by atoms with Crippen LogP contribution in [0.15, 0.2) is 35.6 Å². The average molecular weight is 276 g/mol. The van der Waals surface area contributed by atoms with E-state index in [1.165, 1.54) is 17.3 Å². The van der Waals surface area contributed by atoms with Gasteiger partial charge in [0.25, 0.3) is 0 Å². The number of nitrogens with one attached hydrogen (secondary N) is 1. The molecule has 2 aromatic rings. The lowest BCUT2D eigenvalue weighted by Crippen LogP contribution is -2.04. The van der Waals surface area contributed by atoms with Crippen molar-refractivity contribution in [1.29, 1.82) is 0 Å². The zero-order valence-corrected chi connectivity index (χ0v) is 11.8. The van der Waals surface area contributed by atoms with Crippen LogP contribution in [0.2, 0.25) is 0 Å². The maximum absolute atomic E-state index is 11.5. The van der Waals surface area contributed by atoms with E-state index in [1.54, 1.807) is 18.7 Å². The van der Waals surface area contributed by atoms with Gasteiger partial charge in [0.15, 0.2) is 5.16 Å². The molecule has 19 heavy (non-hydrogen) atoms. The Morgan fingerprint density at radius 2 is 2.21 bits per heavy atom. The van der Waals surface area contributed by atoms with Crippen LogP contribution in [0.1, 0.15) is 28.5 Å². The molecule has 0 atom stereocenters. The third kappa shape index (κ3) is 3.61. The standard InChI is InChI=1S/C14H16N2O2S/c1-3-18-13(17)12-8-15-14(16-12)19-9-11-7-5-4-6-10(11)2/h4-8H,3,9H2,1-2H3,(H,15,16). The number of aromatic nitrogens is 2. The predicted molar refractivity (Wildman–Crippen MR) is 75.3 cm³/mol. The molecule has 100 valence electrons. The number of hydrogen-bond donors (Lipinski definition) is 1. The fourth-order valence-electron chi connectivity index (χ4n) is 1.61. The van der Waals surface area contributed by atoms with Crippen molar-refractivity contribution >= 4 is 17.7 Å². The highest BCUT2D eigenvalue weighted by molar-refractivity contribution is 7.98. The molecule has 1 N–H and O–H groups in total. The summed E-state index contributed by atoms with van der Waals surface area (Å²) < 4.78 is 4.90. The Morgan fingerprint density at radius 1 is 1.42 bits per heavy atom. The molecule has 0 aliphatic carbocycles. The lowest BCUT2D eigenvalue weighted by molar-refractivity contribution is 0.0519. The van der Waals surface area contributed by atoms with Crippen LogP contribution < -0.4 is 0 Å². The number of carbonyl (C=O) groups excluding carboxylic acids is 1. The number of aryl methyl sites for hydroxylation is 1. The number of aromatic amines is 1. The summed E-state index contributed by atoms with van der Waals surface area (Å²) in [4.78, 5) is 18.6. The second-order valence-electron chi connectivity index (χ2n) is 4.04. The molecule has 0 unspecified atom stereocenters. The smallest absolute Gasteiger partial charge is 0.356 e. The van der Waals surface area contributed by atoms with Gasteiger partial charge in [0, 0.05) is 5.75 Å². The van der Waals surface area contributed by atoms with Crippen LogP contribution in [0.4, 0.5) is 0 Å². The van der Waals surface area contributed by atoms with Gasteiger partial charge in [-0.25, -0.2) is 9.78 Å². The van der Waals surface area contributed by atoms with Gasteiger partial charge in [0.2, 0.25) is 0 Å². The number of rotatable bonds is 5. The average Bonchev–Trinajstić information content (AvgIpc) is 2.87. The van der Waals surface area contributed by atoms with Gasteiger partial charge in [-0.05, 0) is 25.0 Å². The van der Waals surface area contributed by atoms with E-state index >= 15 is 0 Å². The normalized spacial score (nSPS) is 10.4. The van der Waals surface area contributed by atoms with Crippen LogP contribution >= 0.6 is 11.8 Å². The first-order valence-corrected chi connectivity index (χ1v) is 7.08. The first-order valence-electron chi connectivity index (χ1n) is 6.10. The van der Waals surface area contributed by atoms with Gasteiger partial charge in [0.05, 0.1) is 12.8 Å². The minimum atomic E-state index is -0.363. The second kappa shape index (κ2) is 6.43. The summed E-state index contributed by atoms with van der Waals surface area (Å²) in [6, 6.07) is 8.23. The Bertz CT molecular complexity index is 566. The largest absolute Gasteiger partial charge is 0.461 e. The molecular formula is C14H16N2O2S. The van der Waals surface area contributed by atoms with E-state index in [2.05, 4.69) is 29.0 Å². The molecule has 4 nitrogen and oxygen atoms in total. The third-order valence-electron chi connectivity index (χ3n) is 2.67. The zero-order valence-electron chi connectivity index (χ0n) is 11.0. The van der Waals surface area contributed by atoms with E-state index in [0.29, 0.717) is 12.3 Å². The van der Waals surface area contributed by atoms with Gasteiger partial charge in [-0.1, -0.05) is 36.0 Å². The molecule has 0 saturated heterocycles. The molecule has 0 spiro atoms. The fourth-order valence-corrected chi connectivity index (χ4v) is 2.53. The van der Waals surface area contributed by atoms with Crippen molar-refractivity contribution in [1.82, 2.24) is 9.97 Å². The maximum atomic E-state index is 11.5. The molecule has 1 aromatic heterocycles. The van der Waals surface area contributed by atoms with Crippen molar-refractivity contribution < 1.29 is 9.53 Å². The number of benzene rings is 1. The van der Waals surface area contributed by atoms with E-state index in [1.807, 2.05) is 12.1 Å². The topological polar surface area (TPSA) is 55.0 Å². The highest BCUT2D eigenvalue weighted by atomic mass is 32.2. The van der Waals surface area contributed by atoms with Crippen LogP contribution in [-0.4, -0.2) is 22.5 Å². The Labute approximate surface area is 116 Å². The molecule has 0 aliphatic rings. The molecule has 0 fully saturated rings. The van der Waals surface area contributed by atoms with Crippen molar-refractivity contribution in [3.8, 4) is 0 Å². The summed E-state index contributed by atoms with van der Waals surface area (Å²) in [5, 5.41) is 0.728. The number of carbonyl (C=O) groups is 1. The minimum absolute atomic E-state index is 0.363. The van der Waals surface area contributed by atoms with Crippen molar-refractivity contribution in [3.05, 3.63) is 47.3 Å². The van der Waals surface area contributed by atoms with Crippen molar-refractivity contribution in [2.75, 3.05) is 6.61 Å². The Morgan fingerprint density at radius 3 is 2.95 bits per heavy atom. The molecular weight excluding hydrogens is 260 g/mol. The Balaban J connectivity index is 1.97. The first kappa shape index (κ1) is 13.7. The second-order valence-corrected chi connectivity index (χ2v) is 5.00. The molecule has 0 bridgehead atoms. The quantitative estimate of drug-likeness (QED) is 0.673. The van der Waals surface area contributed by atoms with Gasteiger partial charge < -0.3 is 9.72 Å². The number of nitrogens with zero attached hydrogens (tertiary/aromatic N) is 1. The molecule has 1 heterocycles. The third-order valence-corrected chi connectivity index (χ3v) is 3.61. The summed E-state index contributed by atoms with van der Waals surface area (Å²) in [5.41, 5.74) is 2.92. The van der Waals surface area contributed by atoms with Gasteiger partial charge in [-0.2, -0.15) is 0 Å².